The third kappa shape index (κ3) is 8.05. The van der Waals surface area contributed by atoms with E-state index in [0.717, 1.165) is 4.90 Å². The van der Waals surface area contributed by atoms with Crippen LogP contribution in [-0.4, -0.2) is 107 Å². The lowest BCUT2D eigenvalue weighted by Crippen LogP contribution is -2.40. The number of carbonyl (C=O) groups is 3. The summed E-state index contributed by atoms with van der Waals surface area (Å²) in [5, 5.41) is 60.8. The van der Waals surface area contributed by atoms with Crippen LogP contribution in [0.15, 0.2) is 0 Å². The Labute approximate surface area is 230 Å². The summed E-state index contributed by atoms with van der Waals surface area (Å²) in [6.45, 7) is -3.28. The van der Waals surface area contributed by atoms with E-state index >= 15 is 0 Å². The summed E-state index contributed by atoms with van der Waals surface area (Å²) < 4.78 is 0.705. The number of nitrogens with zero attached hydrogens (tertiary/aromatic N) is 1. The van der Waals surface area contributed by atoms with Crippen LogP contribution in [0.1, 0.15) is 20.7 Å². The summed E-state index contributed by atoms with van der Waals surface area (Å²) in [5.74, 6) is -2.16. The zero-order chi connectivity index (χ0) is 25.3. The van der Waals surface area contributed by atoms with Gasteiger partial charge in [0.25, 0.3) is 17.7 Å². The number of rotatable bonds is 12. The number of anilines is 1. The molecule has 0 bridgehead atoms. The van der Waals surface area contributed by atoms with Crippen LogP contribution in [0, 0.1) is 10.7 Å². The number of aliphatic hydroxyl groups is 6. The maximum atomic E-state index is 13.0. The van der Waals surface area contributed by atoms with Gasteiger partial charge in [-0.15, -0.1) is 0 Å². The third-order valence-corrected chi connectivity index (χ3v) is 7.38. The first kappa shape index (κ1) is 30.6. The lowest BCUT2D eigenvalue weighted by molar-refractivity contribution is -0.121. The highest BCUT2D eigenvalue weighted by Crippen LogP contribution is 2.38. The topological polar surface area (TPSA) is 200 Å². The van der Waals surface area contributed by atoms with E-state index in [1.807, 2.05) is 45.2 Å². The number of amides is 3. The Morgan fingerprint density at radius 1 is 0.788 bits per heavy atom. The van der Waals surface area contributed by atoms with Crippen LogP contribution >= 0.6 is 67.8 Å². The molecule has 0 spiro atoms. The van der Waals surface area contributed by atoms with Crippen LogP contribution in [0.3, 0.4) is 0 Å². The minimum Gasteiger partial charge on any atom is -0.395 e. The average molecular weight is 807 g/mol. The van der Waals surface area contributed by atoms with Crippen LogP contribution in [-0.2, 0) is 4.79 Å². The second-order valence-electron chi connectivity index (χ2n) is 6.56. The average Bonchev–Trinajstić information content (AvgIpc) is 2.79. The molecule has 15 heteroatoms. The second kappa shape index (κ2) is 14.9. The second-order valence-corrected chi connectivity index (χ2v) is 9.80. The Hall–Kier alpha value is -0.420. The van der Waals surface area contributed by atoms with Gasteiger partial charge < -0.3 is 46.2 Å². The Balaban J connectivity index is 3.71. The summed E-state index contributed by atoms with van der Waals surface area (Å²) in [4.78, 5) is 39.4. The molecule has 0 radical (unpaired) electrons. The highest BCUT2D eigenvalue weighted by Gasteiger charge is 2.32. The van der Waals surface area contributed by atoms with Crippen molar-refractivity contribution in [3.8, 4) is 0 Å². The van der Waals surface area contributed by atoms with Gasteiger partial charge in [0.05, 0.1) is 56.0 Å². The molecule has 0 aromatic heterocycles. The molecule has 0 aliphatic heterocycles. The molecule has 0 aliphatic rings. The first-order chi connectivity index (χ1) is 15.5. The van der Waals surface area contributed by atoms with Gasteiger partial charge in [0, 0.05) is 23.2 Å². The van der Waals surface area contributed by atoms with Gasteiger partial charge in [0.2, 0.25) is 0 Å². The van der Waals surface area contributed by atoms with E-state index in [1.54, 1.807) is 22.6 Å². The fourth-order valence-corrected chi connectivity index (χ4v) is 7.29. The summed E-state index contributed by atoms with van der Waals surface area (Å²) in [5.41, 5.74) is 0.113. The van der Waals surface area contributed by atoms with Crippen LogP contribution in [0.2, 0.25) is 0 Å². The van der Waals surface area contributed by atoms with Gasteiger partial charge in [0.15, 0.2) is 0 Å². The minimum absolute atomic E-state index is 0.00158. The van der Waals surface area contributed by atoms with Crippen LogP contribution in [0.5, 0.6) is 0 Å². The van der Waals surface area contributed by atoms with E-state index in [-0.39, 0.29) is 47.2 Å². The predicted molar refractivity (Wildman–Crippen MR) is 142 cm³/mol. The van der Waals surface area contributed by atoms with Crippen LogP contribution in [0.4, 0.5) is 5.69 Å². The molecule has 1 aromatic rings. The van der Waals surface area contributed by atoms with E-state index in [9.17, 15) is 34.8 Å². The number of hydrogen-bond acceptors (Lipinski definition) is 9. The van der Waals surface area contributed by atoms with Gasteiger partial charge in [0.1, 0.15) is 6.61 Å². The van der Waals surface area contributed by atoms with Crippen LogP contribution < -0.4 is 15.5 Å². The molecule has 3 amide bonds. The number of halogens is 3. The molecule has 186 valence electrons. The zero-order valence-corrected chi connectivity index (χ0v) is 23.6. The highest BCUT2D eigenvalue weighted by atomic mass is 127. The van der Waals surface area contributed by atoms with Gasteiger partial charge >= 0.3 is 0 Å². The molecule has 8 N–H and O–H groups in total. The Morgan fingerprint density at radius 3 is 1.55 bits per heavy atom. The summed E-state index contributed by atoms with van der Waals surface area (Å²) >= 11 is 5.41. The standard InChI is InChI=1S/C18H24I3N3O9/c19-13-11(17(32)22-3-8(29)5-26)14(20)16(24(1-2-25)10(31)7-28)15(21)12(13)18(33)23-4-9(30)6-27/h8-9,25-30H,1-7H2,(H,22,32)(H,23,33)/t8-,9-/m1/s1. The Kier molecular flexibility index (Phi) is 13.8. The molecule has 0 aliphatic carbocycles. The fourth-order valence-electron chi connectivity index (χ4n) is 2.56. The molecule has 33 heavy (non-hydrogen) atoms. The number of hydrogen-bond donors (Lipinski definition) is 8. The van der Waals surface area contributed by atoms with Crippen molar-refractivity contribution in [2.45, 2.75) is 12.2 Å². The first-order valence-corrected chi connectivity index (χ1v) is 12.7. The fraction of sp³-hybridized carbons (Fsp3) is 0.500. The minimum atomic E-state index is -1.21. The first-order valence-electron chi connectivity index (χ1n) is 9.42. The molecular formula is C18H24I3N3O9. The molecular weight excluding hydrogens is 783 g/mol. The quantitative estimate of drug-likeness (QED) is 0.110. The van der Waals surface area contributed by atoms with Gasteiger partial charge in [-0.3, -0.25) is 14.4 Å². The normalized spacial score (nSPS) is 12.8. The van der Waals surface area contributed by atoms with E-state index in [0.29, 0.717) is 0 Å². The third-order valence-electron chi connectivity index (χ3n) is 4.20. The van der Waals surface area contributed by atoms with E-state index < -0.39 is 56.4 Å². The highest BCUT2D eigenvalue weighted by molar-refractivity contribution is 14.1. The zero-order valence-electron chi connectivity index (χ0n) is 17.1. The number of aliphatic hydroxyl groups excluding tert-OH is 6. The van der Waals surface area contributed by atoms with Crippen molar-refractivity contribution < 1.29 is 45.0 Å². The molecule has 0 unspecified atom stereocenters. The summed E-state index contributed by atoms with van der Waals surface area (Å²) in [6.07, 6.45) is -2.42. The molecule has 1 aromatic carbocycles. The van der Waals surface area contributed by atoms with Crippen molar-refractivity contribution in [1.29, 1.82) is 0 Å². The van der Waals surface area contributed by atoms with Gasteiger partial charge in [-0.05, 0) is 67.8 Å². The molecule has 0 saturated heterocycles. The monoisotopic (exact) mass is 807 g/mol. The lowest BCUT2D eigenvalue weighted by Gasteiger charge is -2.27. The van der Waals surface area contributed by atoms with Crippen molar-refractivity contribution in [2.75, 3.05) is 51.0 Å². The largest absolute Gasteiger partial charge is 0.395 e. The number of nitrogens with one attached hydrogen (secondary N) is 2. The van der Waals surface area contributed by atoms with Gasteiger partial charge in [-0.1, -0.05) is 0 Å². The lowest BCUT2D eigenvalue weighted by atomic mass is 10.1. The van der Waals surface area contributed by atoms with Crippen molar-refractivity contribution in [2.24, 2.45) is 0 Å². The van der Waals surface area contributed by atoms with E-state index in [4.69, 9.17) is 10.2 Å². The summed E-state index contributed by atoms with van der Waals surface area (Å²) in [7, 11) is 0. The Morgan fingerprint density at radius 2 is 1.21 bits per heavy atom. The molecule has 0 fully saturated rings. The predicted octanol–water partition coefficient (Wildman–Crippen LogP) is -2.02. The molecule has 12 nitrogen and oxygen atoms in total. The Bertz CT molecular complexity index is 819. The summed E-state index contributed by atoms with van der Waals surface area (Å²) in [6, 6.07) is 0. The van der Waals surface area contributed by atoms with Crippen molar-refractivity contribution in [3.63, 3.8) is 0 Å². The molecule has 1 rings (SSSR count). The van der Waals surface area contributed by atoms with Gasteiger partial charge in [-0.2, -0.15) is 0 Å². The number of benzene rings is 1. The maximum absolute atomic E-state index is 13.0. The van der Waals surface area contributed by atoms with Crippen molar-refractivity contribution in [1.82, 2.24) is 10.6 Å². The number of carbonyl (C=O) groups excluding carboxylic acids is 3. The molecule has 0 heterocycles. The molecule has 0 saturated carbocycles. The van der Waals surface area contributed by atoms with E-state index in [2.05, 4.69) is 10.6 Å². The van der Waals surface area contributed by atoms with Crippen molar-refractivity contribution >= 4 is 91.2 Å². The van der Waals surface area contributed by atoms with E-state index in [1.165, 1.54) is 0 Å². The smallest absolute Gasteiger partial charge is 0.253 e. The maximum Gasteiger partial charge on any atom is 0.253 e. The SMILES string of the molecule is O=C(NC[C@@H](O)CO)c1c(I)c(C(=O)NC[C@@H](O)CO)c(I)c(N(CCO)C(=O)CO)c1I. The van der Waals surface area contributed by atoms with Crippen LogP contribution in [0.25, 0.3) is 0 Å². The molecule has 2 atom stereocenters. The van der Waals surface area contributed by atoms with Gasteiger partial charge in [-0.25, -0.2) is 0 Å². The van der Waals surface area contributed by atoms with Crippen molar-refractivity contribution in [3.05, 3.63) is 21.8 Å².